The second kappa shape index (κ2) is 4.55. The fourth-order valence-electron chi connectivity index (χ4n) is 3.07. The van der Waals surface area contributed by atoms with E-state index in [9.17, 15) is 5.11 Å². The number of piperidine rings is 1. The van der Waals surface area contributed by atoms with Gasteiger partial charge in [-0.15, -0.1) is 11.8 Å². The second-order valence-electron chi connectivity index (χ2n) is 4.83. The molecule has 0 spiro atoms. The molecule has 0 amide bonds. The minimum atomic E-state index is -0.440. The molecule has 2 rings (SSSR count). The molecule has 2 unspecified atom stereocenters. The molecule has 2 atom stereocenters. The summed E-state index contributed by atoms with van der Waals surface area (Å²) in [5, 5.41) is 10.6. The van der Waals surface area contributed by atoms with E-state index in [1.807, 2.05) is 6.92 Å². The van der Waals surface area contributed by atoms with Crippen LogP contribution < -0.4 is 0 Å². The van der Waals surface area contributed by atoms with E-state index in [1.54, 1.807) is 0 Å². The molecular formula is C13H21NO. The standard InChI is InChI=1S/C13H21NO/c1-2-3-5-8-13(15)9-11-14-10-6-4-7-12(13)14/h12,15H,4-11H2,1H3. The molecule has 0 aromatic rings. The first-order chi connectivity index (χ1) is 7.26. The highest BCUT2D eigenvalue weighted by molar-refractivity contribution is 5.04. The Kier molecular flexibility index (Phi) is 3.33. The van der Waals surface area contributed by atoms with Gasteiger partial charge in [0, 0.05) is 19.0 Å². The first kappa shape index (κ1) is 11.0. The molecule has 0 bridgehead atoms. The van der Waals surface area contributed by atoms with E-state index >= 15 is 0 Å². The Labute approximate surface area is 92.7 Å². The van der Waals surface area contributed by atoms with Crippen molar-refractivity contribution in [2.45, 2.75) is 57.1 Å². The Balaban J connectivity index is 1.97. The lowest BCUT2D eigenvalue weighted by molar-refractivity contribution is -0.0148. The average Bonchev–Trinajstić information content (AvgIpc) is 2.59. The zero-order valence-corrected chi connectivity index (χ0v) is 9.63. The van der Waals surface area contributed by atoms with Gasteiger partial charge in [-0.2, -0.15) is 0 Å². The van der Waals surface area contributed by atoms with Gasteiger partial charge in [0.05, 0.1) is 5.60 Å². The Morgan fingerprint density at radius 2 is 2.27 bits per heavy atom. The van der Waals surface area contributed by atoms with Gasteiger partial charge in [-0.1, -0.05) is 6.42 Å². The molecule has 1 N–H and O–H groups in total. The average molecular weight is 207 g/mol. The lowest BCUT2D eigenvalue weighted by Crippen LogP contribution is -2.46. The van der Waals surface area contributed by atoms with Crippen molar-refractivity contribution in [3.63, 3.8) is 0 Å². The van der Waals surface area contributed by atoms with E-state index < -0.39 is 5.60 Å². The van der Waals surface area contributed by atoms with Crippen molar-refractivity contribution >= 4 is 0 Å². The van der Waals surface area contributed by atoms with Gasteiger partial charge >= 0.3 is 0 Å². The Bertz CT molecular complexity index is 278. The first-order valence-electron chi connectivity index (χ1n) is 6.12. The third-order valence-electron chi connectivity index (χ3n) is 3.93. The summed E-state index contributed by atoms with van der Waals surface area (Å²) in [4.78, 5) is 2.48. The van der Waals surface area contributed by atoms with E-state index in [2.05, 4.69) is 16.7 Å². The van der Waals surface area contributed by atoms with Crippen LogP contribution in [0.1, 0.15) is 45.4 Å². The van der Waals surface area contributed by atoms with Gasteiger partial charge in [0.25, 0.3) is 0 Å². The van der Waals surface area contributed by atoms with Crippen LogP contribution >= 0.6 is 0 Å². The smallest absolute Gasteiger partial charge is 0.0823 e. The van der Waals surface area contributed by atoms with Crippen molar-refractivity contribution < 1.29 is 5.11 Å². The number of fused-ring (bicyclic) bond motifs is 1. The molecule has 0 radical (unpaired) electrons. The summed E-state index contributed by atoms with van der Waals surface area (Å²) in [6.45, 7) is 4.14. The number of nitrogens with zero attached hydrogens (tertiary/aromatic N) is 1. The van der Waals surface area contributed by atoms with Crippen LogP contribution in [-0.4, -0.2) is 34.7 Å². The highest BCUT2D eigenvalue weighted by atomic mass is 16.3. The second-order valence-corrected chi connectivity index (χ2v) is 4.83. The SMILES string of the molecule is CC#CCCC1(O)CCN2CCCCC21. The van der Waals surface area contributed by atoms with Crippen molar-refractivity contribution in [3.8, 4) is 11.8 Å². The summed E-state index contributed by atoms with van der Waals surface area (Å²) >= 11 is 0. The summed E-state index contributed by atoms with van der Waals surface area (Å²) in [5.74, 6) is 5.97. The molecule has 0 aromatic heterocycles. The molecule has 0 aromatic carbocycles. The molecule has 0 aliphatic carbocycles. The molecule has 15 heavy (non-hydrogen) atoms. The lowest BCUT2D eigenvalue weighted by atomic mass is 9.85. The van der Waals surface area contributed by atoms with Gasteiger partial charge in [0.15, 0.2) is 0 Å². The van der Waals surface area contributed by atoms with Gasteiger partial charge in [0.2, 0.25) is 0 Å². The van der Waals surface area contributed by atoms with E-state index in [4.69, 9.17) is 0 Å². The van der Waals surface area contributed by atoms with Crippen LogP contribution in [0.2, 0.25) is 0 Å². The summed E-state index contributed by atoms with van der Waals surface area (Å²) < 4.78 is 0. The largest absolute Gasteiger partial charge is 0.388 e. The molecule has 2 fully saturated rings. The topological polar surface area (TPSA) is 23.5 Å². The summed E-state index contributed by atoms with van der Waals surface area (Å²) in [6.07, 6.45) is 6.41. The van der Waals surface area contributed by atoms with Gasteiger partial charge in [-0.05, 0) is 39.2 Å². The van der Waals surface area contributed by atoms with Crippen molar-refractivity contribution in [2.75, 3.05) is 13.1 Å². The van der Waals surface area contributed by atoms with Crippen LogP contribution in [0.3, 0.4) is 0 Å². The summed E-state index contributed by atoms with van der Waals surface area (Å²) in [7, 11) is 0. The predicted octanol–water partition coefficient (Wildman–Crippen LogP) is 1.78. The Hall–Kier alpha value is -0.520. The molecule has 2 nitrogen and oxygen atoms in total. The normalized spacial score (nSPS) is 35.7. The number of hydrogen-bond acceptors (Lipinski definition) is 2. The Morgan fingerprint density at radius 1 is 1.40 bits per heavy atom. The maximum absolute atomic E-state index is 10.6. The van der Waals surface area contributed by atoms with Crippen LogP contribution in [0.5, 0.6) is 0 Å². The van der Waals surface area contributed by atoms with E-state index in [-0.39, 0.29) is 0 Å². The lowest BCUT2D eigenvalue weighted by Gasteiger charge is -2.37. The Morgan fingerprint density at radius 3 is 3.07 bits per heavy atom. The number of aliphatic hydroxyl groups is 1. The molecule has 2 heterocycles. The minimum Gasteiger partial charge on any atom is -0.388 e. The predicted molar refractivity (Wildman–Crippen MR) is 61.5 cm³/mol. The molecule has 84 valence electrons. The maximum atomic E-state index is 10.6. The molecule has 2 aliphatic heterocycles. The maximum Gasteiger partial charge on any atom is 0.0823 e. The van der Waals surface area contributed by atoms with E-state index in [0.717, 1.165) is 25.8 Å². The van der Waals surface area contributed by atoms with Crippen molar-refractivity contribution in [1.29, 1.82) is 0 Å². The fourth-order valence-corrected chi connectivity index (χ4v) is 3.07. The van der Waals surface area contributed by atoms with Crippen LogP contribution in [0, 0.1) is 11.8 Å². The van der Waals surface area contributed by atoms with Crippen LogP contribution in [0.25, 0.3) is 0 Å². The summed E-state index contributed by atoms with van der Waals surface area (Å²) in [5.41, 5.74) is -0.440. The van der Waals surface area contributed by atoms with Gasteiger partial charge in [-0.3, -0.25) is 4.90 Å². The van der Waals surface area contributed by atoms with Gasteiger partial charge in [-0.25, -0.2) is 0 Å². The molecular weight excluding hydrogens is 186 g/mol. The summed E-state index contributed by atoms with van der Waals surface area (Å²) in [6, 6.07) is 0.421. The minimum absolute atomic E-state index is 0.421. The number of rotatable bonds is 2. The van der Waals surface area contributed by atoms with E-state index in [1.165, 1.54) is 25.8 Å². The molecule has 2 aliphatic rings. The van der Waals surface area contributed by atoms with Gasteiger partial charge in [0.1, 0.15) is 0 Å². The quantitative estimate of drug-likeness (QED) is 0.698. The third-order valence-corrected chi connectivity index (χ3v) is 3.93. The van der Waals surface area contributed by atoms with Crippen LogP contribution in [0.15, 0.2) is 0 Å². The highest BCUT2D eigenvalue weighted by Crippen LogP contribution is 2.37. The van der Waals surface area contributed by atoms with Gasteiger partial charge < -0.3 is 5.11 Å². The number of hydrogen-bond donors (Lipinski definition) is 1. The fraction of sp³-hybridized carbons (Fsp3) is 0.846. The highest BCUT2D eigenvalue weighted by Gasteiger charge is 2.45. The molecule has 0 saturated carbocycles. The molecule has 2 heteroatoms. The van der Waals surface area contributed by atoms with Crippen molar-refractivity contribution in [2.24, 2.45) is 0 Å². The van der Waals surface area contributed by atoms with E-state index in [0.29, 0.717) is 6.04 Å². The van der Waals surface area contributed by atoms with Crippen LogP contribution in [-0.2, 0) is 0 Å². The third kappa shape index (κ3) is 2.19. The molecule has 2 saturated heterocycles. The zero-order chi connectivity index (χ0) is 10.7. The first-order valence-corrected chi connectivity index (χ1v) is 6.12. The zero-order valence-electron chi connectivity index (χ0n) is 9.63. The van der Waals surface area contributed by atoms with Crippen molar-refractivity contribution in [1.82, 2.24) is 4.90 Å². The monoisotopic (exact) mass is 207 g/mol. The van der Waals surface area contributed by atoms with Crippen molar-refractivity contribution in [3.05, 3.63) is 0 Å². The van der Waals surface area contributed by atoms with Crippen LogP contribution in [0.4, 0.5) is 0 Å².